The predicted molar refractivity (Wildman–Crippen MR) is 256 cm³/mol. The van der Waals surface area contributed by atoms with Gasteiger partial charge in [0.1, 0.15) is 11.2 Å². The van der Waals surface area contributed by atoms with Crippen molar-refractivity contribution < 1.29 is 4.42 Å². The Bertz CT molecular complexity index is 3890. The Hall–Kier alpha value is -6.78. The van der Waals surface area contributed by atoms with Crippen LogP contribution in [0.3, 0.4) is 0 Å². The van der Waals surface area contributed by atoms with Crippen molar-refractivity contribution in [3.05, 3.63) is 151 Å². The third kappa shape index (κ3) is 3.93. The van der Waals surface area contributed by atoms with Gasteiger partial charge in [-0.3, -0.25) is 0 Å². The molecule has 12 aromatic rings. The molecular formula is C56H41BN2O. The zero-order chi connectivity index (χ0) is 40.1. The minimum atomic E-state index is -0.0663. The number of fused-ring (bicyclic) bond motifs is 13. The van der Waals surface area contributed by atoms with E-state index in [2.05, 4.69) is 190 Å². The van der Waals surface area contributed by atoms with Gasteiger partial charge in [-0.25, -0.2) is 0 Å². The maximum absolute atomic E-state index is 7.21. The van der Waals surface area contributed by atoms with Crippen LogP contribution in [0.25, 0.3) is 115 Å². The third-order valence-electron chi connectivity index (χ3n) is 14.3. The Morgan fingerprint density at radius 1 is 0.467 bits per heavy atom. The predicted octanol–water partition coefficient (Wildman–Crippen LogP) is 13.7. The van der Waals surface area contributed by atoms with Crippen molar-refractivity contribution in [2.75, 3.05) is 0 Å². The molecule has 4 aromatic heterocycles. The van der Waals surface area contributed by atoms with Crippen molar-refractivity contribution in [3.63, 3.8) is 0 Å². The summed E-state index contributed by atoms with van der Waals surface area (Å²) >= 11 is 0. The molecule has 0 N–H and O–H groups in total. The largest absolute Gasteiger partial charge is 0.455 e. The van der Waals surface area contributed by atoms with Crippen LogP contribution in [0.15, 0.2) is 144 Å². The van der Waals surface area contributed by atoms with E-state index >= 15 is 0 Å². The third-order valence-corrected chi connectivity index (χ3v) is 14.3. The average molecular weight is 769 g/mol. The number of aromatic nitrogens is 2. The lowest BCUT2D eigenvalue weighted by Crippen LogP contribution is -2.54. The number of hydrogen-bond acceptors (Lipinski definition) is 1. The Morgan fingerprint density at radius 2 is 1.08 bits per heavy atom. The summed E-state index contributed by atoms with van der Waals surface area (Å²) in [6, 6.07) is 52.9. The molecule has 0 atom stereocenters. The summed E-state index contributed by atoms with van der Waals surface area (Å²) in [5.41, 5.74) is 21.4. The van der Waals surface area contributed by atoms with Crippen molar-refractivity contribution in [3.8, 4) is 33.4 Å². The van der Waals surface area contributed by atoms with Crippen LogP contribution in [0.4, 0.5) is 0 Å². The summed E-state index contributed by atoms with van der Waals surface area (Å²) < 4.78 is 12.6. The van der Waals surface area contributed by atoms with Gasteiger partial charge in [-0.15, -0.1) is 0 Å². The highest BCUT2D eigenvalue weighted by molar-refractivity contribution is 6.91. The second kappa shape index (κ2) is 10.7. The maximum Gasteiger partial charge on any atom is 0.333 e. The van der Waals surface area contributed by atoms with Crippen LogP contribution in [0, 0.1) is 0 Å². The molecule has 60 heavy (non-hydrogen) atoms. The molecule has 0 aliphatic carbocycles. The number of benzene rings is 8. The number of nitrogens with zero attached hydrogens (tertiary/aromatic N) is 2. The SMILES string of the molecule is CC(C)(C)c1ccc2c(c1)c1cc(C(C)(C)C)cc3c1n2B1c2cc(-c4ccccc4)cc4c5cc(-c6ccccc6)cc6c7c8oc9ccccc9c8c-3c1c7n(c24)c56. The van der Waals surface area contributed by atoms with Crippen LogP contribution in [0.1, 0.15) is 52.7 Å². The summed E-state index contributed by atoms with van der Waals surface area (Å²) in [7, 11) is 0. The molecule has 0 unspecified atom stereocenters. The molecule has 3 nitrogen and oxygen atoms in total. The summed E-state index contributed by atoms with van der Waals surface area (Å²) in [4.78, 5) is 0. The van der Waals surface area contributed by atoms with E-state index in [4.69, 9.17) is 4.42 Å². The molecule has 0 saturated carbocycles. The van der Waals surface area contributed by atoms with E-state index in [1.54, 1.807) is 0 Å². The highest BCUT2D eigenvalue weighted by Gasteiger charge is 2.44. The molecule has 0 saturated heterocycles. The zero-order valence-electron chi connectivity index (χ0n) is 34.7. The maximum atomic E-state index is 7.21. The van der Waals surface area contributed by atoms with Gasteiger partial charge in [0.05, 0.1) is 21.9 Å². The lowest BCUT2D eigenvalue weighted by Gasteiger charge is -2.33. The summed E-state index contributed by atoms with van der Waals surface area (Å²) in [5.74, 6) is 0. The van der Waals surface area contributed by atoms with E-state index < -0.39 is 0 Å². The second-order valence-electron chi connectivity index (χ2n) is 19.7. The Labute approximate surface area is 347 Å². The molecular weight excluding hydrogens is 727 g/mol. The fraction of sp³-hybridized carbons (Fsp3) is 0.143. The van der Waals surface area contributed by atoms with Gasteiger partial charge >= 0.3 is 6.85 Å². The standard InChI is InChI=1S/C56H41BN2O/c1-55(2,3)34-21-22-44-37(27-34)40-28-35(56(4,5)6)29-42-46-47-36-19-13-14-20-45(36)60-54(47)48-41-25-32(30-15-9-7-10-16-30)23-38-39-24-33(31-17-11-8-12-18-31)26-43-52(39)58(50(38)41)53(48)49(46)57(43)59(44)51(40)42/h7-29H,1-6H3. The highest BCUT2D eigenvalue weighted by atomic mass is 16.3. The van der Waals surface area contributed by atoms with Gasteiger partial charge in [-0.2, -0.15) is 0 Å². The van der Waals surface area contributed by atoms with E-state index in [0.29, 0.717) is 0 Å². The molecule has 4 heteroatoms. The van der Waals surface area contributed by atoms with Crippen LogP contribution in [-0.4, -0.2) is 15.7 Å². The van der Waals surface area contributed by atoms with Crippen molar-refractivity contribution in [2.45, 2.75) is 52.4 Å². The molecule has 0 radical (unpaired) electrons. The lowest BCUT2D eigenvalue weighted by atomic mass is 9.45. The van der Waals surface area contributed by atoms with Gasteiger partial charge in [0.15, 0.2) is 0 Å². The number of hydrogen-bond donors (Lipinski definition) is 0. The van der Waals surface area contributed by atoms with E-state index in [1.807, 2.05) is 0 Å². The number of para-hydroxylation sites is 1. The molecule has 2 aliphatic rings. The molecule has 2 aliphatic heterocycles. The first-order chi connectivity index (χ1) is 29.0. The minimum Gasteiger partial charge on any atom is -0.455 e. The van der Waals surface area contributed by atoms with E-state index in [1.165, 1.54) is 126 Å². The summed E-state index contributed by atoms with van der Waals surface area (Å²) in [5, 5.41) is 10.1. The van der Waals surface area contributed by atoms with Crippen LogP contribution < -0.4 is 10.9 Å². The van der Waals surface area contributed by atoms with Crippen LogP contribution in [-0.2, 0) is 10.8 Å². The quantitative estimate of drug-likeness (QED) is 0.161. The first kappa shape index (κ1) is 33.1. The molecule has 0 amide bonds. The average Bonchev–Trinajstić information content (AvgIpc) is 4.00. The molecule has 284 valence electrons. The second-order valence-corrected chi connectivity index (χ2v) is 19.7. The van der Waals surface area contributed by atoms with Gasteiger partial charge in [0.25, 0.3) is 0 Å². The van der Waals surface area contributed by atoms with E-state index in [0.717, 1.165) is 11.2 Å². The number of rotatable bonds is 2. The van der Waals surface area contributed by atoms with Gasteiger partial charge in [0, 0.05) is 54.3 Å². The van der Waals surface area contributed by atoms with E-state index in [-0.39, 0.29) is 17.7 Å². The normalized spacial score (nSPS) is 13.8. The first-order valence-electron chi connectivity index (χ1n) is 21.5. The van der Waals surface area contributed by atoms with Gasteiger partial charge in [0.2, 0.25) is 0 Å². The monoisotopic (exact) mass is 768 g/mol. The van der Waals surface area contributed by atoms with Crippen LogP contribution in [0.2, 0.25) is 0 Å². The molecule has 6 heterocycles. The van der Waals surface area contributed by atoms with Gasteiger partial charge < -0.3 is 13.3 Å². The van der Waals surface area contributed by atoms with Crippen LogP contribution >= 0.6 is 0 Å². The fourth-order valence-electron chi connectivity index (χ4n) is 11.5. The first-order valence-corrected chi connectivity index (χ1v) is 21.5. The topological polar surface area (TPSA) is 22.5 Å². The molecule has 0 fully saturated rings. The summed E-state index contributed by atoms with van der Waals surface area (Å²) in [6.07, 6.45) is 0. The van der Waals surface area contributed by atoms with Gasteiger partial charge in [-0.1, -0.05) is 133 Å². The molecule has 14 rings (SSSR count). The molecule has 8 aromatic carbocycles. The van der Waals surface area contributed by atoms with E-state index in [9.17, 15) is 0 Å². The van der Waals surface area contributed by atoms with Crippen molar-refractivity contribution in [1.82, 2.24) is 8.88 Å². The highest BCUT2D eigenvalue weighted by Crippen LogP contribution is 2.53. The minimum absolute atomic E-state index is 0.0101. The summed E-state index contributed by atoms with van der Waals surface area (Å²) in [6.45, 7) is 14.0. The Morgan fingerprint density at radius 3 is 1.80 bits per heavy atom. The smallest absolute Gasteiger partial charge is 0.333 e. The van der Waals surface area contributed by atoms with Gasteiger partial charge in [-0.05, 0) is 109 Å². The molecule has 0 spiro atoms. The Balaban J connectivity index is 1.29. The lowest BCUT2D eigenvalue weighted by molar-refractivity contribution is 0.590. The van der Waals surface area contributed by atoms with Crippen molar-refractivity contribution >= 4 is 99.6 Å². The number of furan rings is 1. The zero-order valence-corrected chi connectivity index (χ0v) is 34.7. The van der Waals surface area contributed by atoms with Crippen molar-refractivity contribution in [2.24, 2.45) is 0 Å². The fourth-order valence-corrected chi connectivity index (χ4v) is 11.5. The molecule has 0 bridgehead atoms. The van der Waals surface area contributed by atoms with Crippen molar-refractivity contribution in [1.29, 1.82) is 0 Å². The van der Waals surface area contributed by atoms with Crippen LogP contribution in [0.5, 0.6) is 0 Å². The Kier molecular flexibility index (Phi) is 5.90.